The van der Waals surface area contributed by atoms with Crippen molar-refractivity contribution in [2.45, 2.75) is 18.2 Å². The molecule has 0 atom stereocenters. The van der Waals surface area contributed by atoms with Gasteiger partial charge >= 0.3 is 0 Å². The van der Waals surface area contributed by atoms with Gasteiger partial charge in [-0.25, -0.2) is 4.98 Å². The minimum absolute atomic E-state index is 0.389. The number of hydrogen-bond donors (Lipinski definition) is 1. The summed E-state index contributed by atoms with van der Waals surface area (Å²) in [6, 6.07) is 3.72. The van der Waals surface area contributed by atoms with E-state index in [0.717, 1.165) is 25.2 Å². The van der Waals surface area contributed by atoms with Crippen LogP contribution < -0.4 is 5.32 Å². The molecule has 76 valence electrons. The van der Waals surface area contributed by atoms with Crippen LogP contribution in [0.15, 0.2) is 18.3 Å². The van der Waals surface area contributed by atoms with Gasteiger partial charge < -0.3 is 5.32 Å². The molecule has 1 N–H and O–H groups in total. The van der Waals surface area contributed by atoms with Gasteiger partial charge in [-0.15, -0.1) is 11.6 Å². The number of hydrogen-bond acceptors (Lipinski definition) is 2. The lowest BCUT2D eigenvalue weighted by atomic mass is 9.85. The molecule has 4 heteroatoms. The topological polar surface area (TPSA) is 24.9 Å². The average molecular weight is 231 g/mol. The molecule has 0 aliphatic heterocycles. The quantitative estimate of drug-likeness (QED) is 0.808. The Morgan fingerprint density at radius 1 is 1.43 bits per heavy atom. The Labute approximate surface area is 93.6 Å². The predicted molar refractivity (Wildman–Crippen MR) is 60.1 cm³/mol. The number of nitrogens with one attached hydrogen (secondary N) is 1. The molecule has 1 fully saturated rings. The maximum absolute atomic E-state index is 5.89. The molecule has 14 heavy (non-hydrogen) atoms. The first-order valence-corrected chi connectivity index (χ1v) is 5.55. The minimum atomic E-state index is 0.389. The molecule has 2 nitrogen and oxygen atoms in total. The van der Waals surface area contributed by atoms with Crippen LogP contribution in [0.2, 0.25) is 5.02 Å². The van der Waals surface area contributed by atoms with Crippen LogP contribution in [0.4, 0.5) is 5.82 Å². The number of anilines is 1. The molecule has 1 aromatic rings. The first-order chi connectivity index (χ1) is 6.74. The van der Waals surface area contributed by atoms with Crippen LogP contribution in [0.1, 0.15) is 12.8 Å². The SMILES string of the molecule is Clc1ccc(NCC2CC(Cl)C2)nc1. The Hall–Kier alpha value is -0.470. The van der Waals surface area contributed by atoms with Gasteiger partial charge in [-0.05, 0) is 30.9 Å². The van der Waals surface area contributed by atoms with Crippen molar-refractivity contribution >= 4 is 29.0 Å². The smallest absolute Gasteiger partial charge is 0.125 e. The molecular weight excluding hydrogens is 219 g/mol. The van der Waals surface area contributed by atoms with Crippen molar-refractivity contribution in [1.29, 1.82) is 0 Å². The number of aromatic nitrogens is 1. The predicted octanol–water partition coefficient (Wildman–Crippen LogP) is 3.16. The fourth-order valence-corrected chi connectivity index (χ4v) is 2.17. The van der Waals surface area contributed by atoms with E-state index in [9.17, 15) is 0 Å². The second kappa shape index (κ2) is 4.37. The van der Waals surface area contributed by atoms with Gasteiger partial charge in [-0.1, -0.05) is 11.6 Å². The van der Waals surface area contributed by atoms with E-state index in [1.54, 1.807) is 6.20 Å². The van der Waals surface area contributed by atoms with Crippen LogP contribution in [0.3, 0.4) is 0 Å². The lowest BCUT2D eigenvalue weighted by Gasteiger charge is -2.30. The Morgan fingerprint density at radius 3 is 2.79 bits per heavy atom. The highest BCUT2D eigenvalue weighted by atomic mass is 35.5. The number of rotatable bonds is 3. The van der Waals surface area contributed by atoms with Crippen molar-refractivity contribution in [3.8, 4) is 0 Å². The second-order valence-electron chi connectivity index (χ2n) is 3.68. The fraction of sp³-hybridized carbons (Fsp3) is 0.500. The molecule has 0 radical (unpaired) electrons. The molecule has 0 amide bonds. The second-order valence-corrected chi connectivity index (χ2v) is 4.73. The van der Waals surface area contributed by atoms with Gasteiger partial charge in [0.2, 0.25) is 0 Å². The Morgan fingerprint density at radius 2 is 2.21 bits per heavy atom. The summed E-state index contributed by atoms with van der Waals surface area (Å²) in [5.74, 6) is 1.59. The largest absolute Gasteiger partial charge is 0.370 e. The fourth-order valence-electron chi connectivity index (χ4n) is 1.55. The standard InChI is InChI=1S/C10H12Cl2N2/c11-8-1-2-10(14-6-8)13-5-7-3-9(12)4-7/h1-2,6-7,9H,3-5H2,(H,13,14). The molecule has 0 saturated heterocycles. The molecule has 1 heterocycles. The van der Waals surface area contributed by atoms with Crippen molar-refractivity contribution < 1.29 is 0 Å². The van der Waals surface area contributed by atoms with Gasteiger partial charge in [0.1, 0.15) is 5.82 Å². The van der Waals surface area contributed by atoms with Crippen molar-refractivity contribution in [2.24, 2.45) is 5.92 Å². The lowest BCUT2D eigenvalue weighted by Crippen LogP contribution is -2.30. The van der Waals surface area contributed by atoms with Gasteiger partial charge in [-0.2, -0.15) is 0 Å². The van der Waals surface area contributed by atoms with E-state index in [1.807, 2.05) is 12.1 Å². The first-order valence-electron chi connectivity index (χ1n) is 4.73. The normalized spacial score (nSPS) is 25.6. The Kier molecular flexibility index (Phi) is 3.14. The third-order valence-electron chi connectivity index (χ3n) is 2.48. The summed E-state index contributed by atoms with van der Waals surface area (Å²) < 4.78 is 0. The number of alkyl halides is 1. The molecule has 1 aliphatic rings. The zero-order valence-corrected chi connectivity index (χ0v) is 9.22. The van der Waals surface area contributed by atoms with E-state index in [1.165, 1.54) is 0 Å². The molecule has 2 rings (SSSR count). The first kappa shape index (κ1) is 10.1. The highest BCUT2D eigenvalue weighted by Gasteiger charge is 2.26. The molecule has 1 aliphatic carbocycles. The number of halogens is 2. The Balaban J connectivity index is 1.78. The van der Waals surface area contributed by atoms with E-state index in [-0.39, 0.29) is 0 Å². The minimum Gasteiger partial charge on any atom is -0.370 e. The van der Waals surface area contributed by atoms with Crippen LogP contribution in [0.25, 0.3) is 0 Å². The zero-order chi connectivity index (χ0) is 9.97. The van der Waals surface area contributed by atoms with E-state index in [0.29, 0.717) is 16.3 Å². The third kappa shape index (κ3) is 2.52. The molecule has 0 spiro atoms. The molecule has 1 saturated carbocycles. The molecule has 0 aromatic carbocycles. The van der Waals surface area contributed by atoms with Gasteiger partial charge in [0.25, 0.3) is 0 Å². The summed E-state index contributed by atoms with van der Waals surface area (Å²) in [6.45, 7) is 0.956. The number of nitrogens with zero attached hydrogens (tertiary/aromatic N) is 1. The van der Waals surface area contributed by atoms with Crippen LogP contribution in [-0.2, 0) is 0 Å². The Bertz CT molecular complexity index is 293. The van der Waals surface area contributed by atoms with Crippen LogP contribution >= 0.6 is 23.2 Å². The summed E-state index contributed by atoms with van der Waals surface area (Å²) in [6.07, 6.45) is 3.87. The maximum atomic E-state index is 5.89. The zero-order valence-electron chi connectivity index (χ0n) is 7.71. The summed E-state index contributed by atoms with van der Waals surface area (Å²) in [4.78, 5) is 4.15. The highest BCUT2D eigenvalue weighted by Crippen LogP contribution is 2.31. The molecular formula is C10H12Cl2N2. The van der Waals surface area contributed by atoms with Gasteiger partial charge in [-0.3, -0.25) is 0 Å². The van der Waals surface area contributed by atoms with Crippen LogP contribution in [0, 0.1) is 5.92 Å². The highest BCUT2D eigenvalue weighted by molar-refractivity contribution is 6.30. The summed E-state index contributed by atoms with van der Waals surface area (Å²) in [5.41, 5.74) is 0. The average Bonchev–Trinajstić information content (AvgIpc) is 2.13. The monoisotopic (exact) mass is 230 g/mol. The van der Waals surface area contributed by atoms with Crippen LogP contribution in [0.5, 0.6) is 0 Å². The van der Waals surface area contributed by atoms with E-state index < -0.39 is 0 Å². The lowest BCUT2D eigenvalue weighted by molar-refractivity contribution is 0.341. The molecule has 0 bridgehead atoms. The summed E-state index contributed by atoms with van der Waals surface area (Å²) >= 11 is 11.6. The van der Waals surface area contributed by atoms with Gasteiger partial charge in [0, 0.05) is 18.1 Å². The van der Waals surface area contributed by atoms with E-state index in [2.05, 4.69) is 10.3 Å². The van der Waals surface area contributed by atoms with E-state index in [4.69, 9.17) is 23.2 Å². The number of pyridine rings is 1. The van der Waals surface area contributed by atoms with Crippen molar-refractivity contribution in [2.75, 3.05) is 11.9 Å². The third-order valence-corrected chi connectivity index (χ3v) is 3.06. The van der Waals surface area contributed by atoms with E-state index >= 15 is 0 Å². The molecule has 0 unspecified atom stereocenters. The molecule has 1 aromatic heterocycles. The maximum Gasteiger partial charge on any atom is 0.125 e. The van der Waals surface area contributed by atoms with Crippen molar-refractivity contribution in [3.63, 3.8) is 0 Å². The van der Waals surface area contributed by atoms with Crippen molar-refractivity contribution in [3.05, 3.63) is 23.4 Å². The van der Waals surface area contributed by atoms with Gasteiger partial charge in [0.15, 0.2) is 0 Å². The summed E-state index contributed by atoms with van der Waals surface area (Å²) in [5, 5.41) is 4.32. The van der Waals surface area contributed by atoms with Crippen molar-refractivity contribution in [1.82, 2.24) is 4.98 Å². The summed E-state index contributed by atoms with van der Waals surface area (Å²) in [7, 11) is 0. The van der Waals surface area contributed by atoms with Crippen LogP contribution in [-0.4, -0.2) is 16.9 Å². The van der Waals surface area contributed by atoms with Gasteiger partial charge in [0.05, 0.1) is 5.02 Å².